The van der Waals surface area contributed by atoms with Crippen LogP contribution in [0.4, 0.5) is 0 Å². The van der Waals surface area contributed by atoms with Crippen LogP contribution in [-0.2, 0) is 4.74 Å². The Balaban J connectivity index is 1.94. The van der Waals surface area contributed by atoms with Gasteiger partial charge >= 0.3 is 0 Å². The molecule has 1 fully saturated rings. The summed E-state index contributed by atoms with van der Waals surface area (Å²) in [4.78, 5) is 2.43. The third-order valence-electron chi connectivity index (χ3n) is 2.79. The van der Waals surface area contributed by atoms with Crippen LogP contribution >= 0.6 is 0 Å². The van der Waals surface area contributed by atoms with Crippen LogP contribution in [0.2, 0.25) is 0 Å². The van der Waals surface area contributed by atoms with Gasteiger partial charge in [0, 0.05) is 39.1 Å². The van der Waals surface area contributed by atoms with Crippen molar-refractivity contribution < 1.29 is 4.74 Å². The summed E-state index contributed by atoms with van der Waals surface area (Å²) in [6.45, 7) is 11.2. The van der Waals surface area contributed by atoms with E-state index in [2.05, 4.69) is 29.0 Å². The van der Waals surface area contributed by atoms with Gasteiger partial charge in [0.25, 0.3) is 0 Å². The lowest BCUT2D eigenvalue weighted by Gasteiger charge is -2.27. The second-order valence-electron chi connectivity index (χ2n) is 3.93. The molecule has 0 spiro atoms. The average Bonchev–Trinajstić information content (AvgIpc) is 2.60. The largest absolute Gasteiger partial charge is 0.444 e. The second kappa shape index (κ2) is 4.68. The number of ether oxygens (including phenoxy) is 1. The first-order valence-corrected chi connectivity index (χ1v) is 5.58. The maximum Gasteiger partial charge on any atom is 0.190 e. The maximum absolute atomic E-state index is 5.50. The van der Waals surface area contributed by atoms with E-state index in [1.165, 1.54) is 5.70 Å². The molecule has 0 atom stereocenters. The summed E-state index contributed by atoms with van der Waals surface area (Å²) in [6.07, 6.45) is 0.924. The van der Waals surface area contributed by atoms with Gasteiger partial charge < -0.3 is 15.4 Å². The normalized spacial score (nSPS) is 22.9. The Hall–Kier alpha value is -1.00. The first-order valence-electron chi connectivity index (χ1n) is 5.58. The lowest BCUT2D eigenvalue weighted by Crippen LogP contribution is -2.44. The van der Waals surface area contributed by atoms with Gasteiger partial charge in [-0.3, -0.25) is 4.90 Å². The third-order valence-corrected chi connectivity index (χ3v) is 2.79. The number of piperazine rings is 1. The fraction of sp³-hybridized carbons (Fsp3) is 0.636. The van der Waals surface area contributed by atoms with Crippen molar-refractivity contribution in [3.05, 3.63) is 23.9 Å². The highest BCUT2D eigenvalue weighted by atomic mass is 16.5. The van der Waals surface area contributed by atoms with Crippen LogP contribution in [-0.4, -0.2) is 37.6 Å². The molecule has 15 heavy (non-hydrogen) atoms. The van der Waals surface area contributed by atoms with Crippen molar-refractivity contribution in [1.29, 1.82) is 0 Å². The molecule has 0 unspecified atom stereocenters. The van der Waals surface area contributed by atoms with Gasteiger partial charge in [0.15, 0.2) is 5.88 Å². The zero-order valence-electron chi connectivity index (χ0n) is 9.31. The first-order chi connectivity index (χ1) is 7.29. The predicted octanol–water partition coefficient (Wildman–Crippen LogP) is 0.604. The molecule has 4 nitrogen and oxygen atoms in total. The van der Waals surface area contributed by atoms with Gasteiger partial charge in [-0.25, -0.2) is 0 Å². The molecular formula is C11H19N3O. The second-order valence-corrected chi connectivity index (χ2v) is 3.93. The molecule has 0 aliphatic carbocycles. The van der Waals surface area contributed by atoms with Gasteiger partial charge in [-0.05, 0) is 6.58 Å². The number of hydrogen-bond donors (Lipinski definition) is 2. The van der Waals surface area contributed by atoms with E-state index in [0.717, 1.165) is 44.9 Å². The smallest absolute Gasteiger partial charge is 0.190 e. The van der Waals surface area contributed by atoms with Crippen LogP contribution in [0.25, 0.3) is 0 Å². The van der Waals surface area contributed by atoms with E-state index in [-0.39, 0.29) is 0 Å². The van der Waals surface area contributed by atoms with Gasteiger partial charge in [-0.15, -0.1) is 0 Å². The Morgan fingerprint density at radius 3 is 2.80 bits per heavy atom. The van der Waals surface area contributed by atoms with Crippen molar-refractivity contribution in [2.45, 2.75) is 13.3 Å². The van der Waals surface area contributed by atoms with Crippen LogP contribution in [0, 0.1) is 0 Å². The Kier molecular flexibility index (Phi) is 3.28. The molecular weight excluding hydrogens is 190 g/mol. The fourth-order valence-corrected chi connectivity index (χ4v) is 1.98. The molecule has 0 saturated carbocycles. The first kappa shape index (κ1) is 10.5. The van der Waals surface area contributed by atoms with Crippen LogP contribution in [0.1, 0.15) is 13.3 Å². The molecule has 0 aromatic rings. The number of nitrogens with one attached hydrogen (secondary N) is 2. The van der Waals surface area contributed by atoms with Crippen molar-refractivity contribution in [3.63, 3.8) is 0 Å². The van der Waals surface area contributed by atoms with E-state index in [0.29, 0.717) is 5.88 Å². The molecule has 0 amide bonds. The van der Waals surface area contributed by atoms with Gasteiger partial charge in [-0.1, -0.05) is 6.92 Å². The Morgan fingerprint density at radius 1 is 1.40 bits per heavy atom. The molecule has 1 saturated heterocycles. The average molecular weight is 209 g/mol. The summed E-state index contributed by atoms with van der Waals surface area (Å²) in [7, 11) is 0. The van der Waals surface area contributed by atoms with Crippen molar-refractivity contribution in [3.8, 4) is 0 Å². The summed E-state index contributed by atoms with van der Waals surface area (Å²) in [5.41, 5.74) is 1.18. The zero-order valence-corrected chi connectivity index (χ0v) is 9.31. The van der Waals surface area contributed by atoms with Gasteiger partial charge in [0.05, 0.1) is 5.70 Å². The molecule has 2 aliphatic heterocycles. The molecule has 0 bridgehead atoms. The molecule has 2 N–H and O–H groups in total. The van der Waals surface area contributed by atoms with Crippen molar-refractivity contribution >= 4 is 0 Å². The summed E-state index contributed by atoms with van der Waals surface area (Å²) in [5, 5.41) is 6.55. The quantitative estimate of drug-likeness (QED) is 0.714. The molecule has 0 aromatic heterocycles. The van der Waals surface area contributed by atoms with Crippen LogP contribution < -0.4 is 10.6 Å². The van der Waals surface area contributed by atoms with Gasteiger partial charge in [0.1, 0.15) is 5.76 Å². The molecule has 4 heteroatoms. The van der Waals surface area contributed by atoms with Crippen molar-refractivity contribution in [2.75, 3.05) is 32.7 Å². The summed E-state index contributed by atoms with van der Waals surface area (Å²) in [5.74, 6) is 1.70. The number of allylic oxidation sites excluding steroid dienone is 1. The van der Waals surface area contributed by atoms with Crippen molar-refractivity contribution in [2.24, 2.45) is 0 Å². The molecule has 0 aromatic carbocycles. The molecule has 2 heterocycles. The predicted molar refractivity (Wildman–Crippen MR) is 60.0 cm³/mol. The lowest BCUT2D eigenvalue weighted by atomic mass is 10.2. The lowest BCUT2D eigenvalue weighted by molar-refractivity contribution is 0.256. The highest BCUT2D eigenvalue weighted by Gasteiger charge is 2.20. The number of hydrogen-bond acceptors (Lipinski definition) is 4. The van der Waals surface area contributed by atoms with Crippen molar-refractivity contribution in [1.82, 2.24) is 15.5 Å². The van der Waals surface area contributed by atoms with Crippen LogP contribution in [0.3, 0.4) is 0 Å². The molecule has 0 radical (unpaired) electrons. The van der Waals surface area contributed by atoms with Gasteiger partial charge in [-0.2, -0.15) is 0 Å². The minimum absolute atomic E-state index is 0.664. The standard InChI is InChI=1S/C11H19N3O/c1-3-11-10(13-9(2)15-11)8-14-6-4-12-5-7-14/h12-13H,2-8H2,1H3. The molecule has 2 aliphatic rings. The molecule has 84 valence electrons. The topological polar surface area (TPSA) is 36.5 Å². The number of nitrogens with zero attached hydrogens (tertiary/aromatic N) is 1. The van der Waals surface area contributed by atoms with E-state index in [9.17, 15) is 0 Å². The maximum atomic E-state index is 5.50. The highest BCUT2D eigenvalue weighted by Crippen LogP contribution is 2.20. The summed E-state index contributed by atoms with van der Waals surface area (Å²) in [6, 6.07) is 0. The number of rotatable bonds is 3. The Labute approximate surface area is 91.0 Å². The minimum Gasteiger partial charge on any atom is -0.444 e. The Morgan fingerprint density at radius 2 is 2.13 bits per heavy atom. The highest BCUT2D eigenvalue weighted by molar-refractivity contribution is 5.19. The van der Waals surface area contributed by atoms with E-state index in [4.69, 9.17) is 4.74 Å². The van der Waals surface area contributed by atoms with E-state index in [1.54, 1.807) is 0 Å². The monoisotopic (exact) mass is 209 g/mol. The van der Waals surface area contributed by atoms with Crippen LogP contribution in [0.5, 0.6) is 0 Å². The zero-order chi connectivity index (χ0) is 10.7. The van der Waals surface area contributed by atoms with E-state index in [1.807, 2.05) is 0 Å². The third kappa shape index (κ3) is 2.52. The fourth-order valence-electron chi connectivity index (χ4n) is 1.98. The SMILES string of the molecule is C=C1NC(CN2CCNCC2)=C(CC)O1. The van der Waals surface area contributed by atoms with E-state index < -0.39 is 0 Å². The Bertz CT molecular complexity index is 280. The summed E-state index contributed by atoms with van der Waals surface area (Å²) < 4.78 is 5.50. The molecule has 2 rings (SSSR count). The van der Waals surface area contributed by atoms with E-state index >= 15 is 0 Å². The van der Waals surface area contributed by atoms with Gasteiger partial charge in [0.2, 0.25) is 0 Å². The summed E-state index contributed by atoms with van der Waals surface area (Å²) >= 11 is 0. The van der Waals surface area contributed by atoms with Crippen LogP contribution in [0.15, 0.2) is 23.9 Å². The minimum atomic E-state index is 0.664.